The van der Waals surface area contributed by atoms with Crippen molar-refractivity contribution in [2.45, 2.75) is 63.7 Å². The van der Waals surface area contributed by atoms with Crippen molar-refractivity contribution < 1.29 is 23.9 Å². The Labute approximate surface area is 198 Å². The van der Waals surface area contributed by atoms with Crippen molar-refractivity contribution in [3.05, 3.63) is 23.9 Å². The summed E-state index contributed by atoms with van der Waals surface area (Å²) in [6, 6.07) is 5.95. The molecule has 1 aromatic heterocycles. The maximum atomic E-state index is 12.5. The fourth-order valence-electron chi connectivity index (χ4n) is 4.61. The topological polar surface area (TPSA) is 115 Å². The van der Waals surface area contributed by atoms with Gasteiger partial charge in [-0.3, -0.25) is 19.6 Å². The summed E-state index contributed by atoms with van der Waals surface area (Å²) in [7, 11) is 3.49. The van der Waals surface area contributed by atoms with E-state index in [9.17, 15) is 14.4 Å². The molecule has 2 N–H and O–H groups in total. The molecule has 0 saturated carbocycles. The number of ether oxygens (including phenoxy) is 2. The number of anilines is 1. The molecule has 1 aromatic carbocycles. The maximum Gasteiger partial charge on any atom is 0.410 e. The predicted molar refractivity (Wildman–Crippen MR) is 126 cm³/mol. The number of fused-ring (bicyclic) bond motifs is 1. The minimum Gasteiger partial charge on any atom is -0.444 e. The summed E-state index contributed by atoms with van der Waals surface area (Å²) in [6.07, 6.45) is 0.965. The van der Waals surface area contributed by atoms with Gasteiger partial charge >= 0.3 is 6.09 Å². The van der Waals surface area contributed by atoms with Crippen LogP contribution in [-0.2, 0) is 26.1 Å². The first-order chi connectivity index (χ1) is 16.1. The van der Waals surface area contributed by atoms with E-state index in [1.54, 1.807) is 16.7 Å². The van der Waals surface area contributed by atoms with Gasteiger partial charge in [0.2, 0.25) is 11.8 Å². The van der Waals surface area contributed by atoms with E-state index >= 15 is 0 Å². The zero-order valence-electron chi connectivity index (χ0n) is 20.4. The Bertz CT molecular complexity index is 1110. The molecule has 1 unspecified atom stereocenters. The van der Waals surface area contributed by atoms with Gasteiger partial charge in [-0.1, -0.05) is 0 Å². The molecule has 10 nitrogen and oxygen atoms in total. The molecule has 2 aromatic rings. The zero-order chi connectivity index (χ0) is 24.6. The number of nitrogens with one attached hydrogen (secondary N) is 2. The van der Waals surface area contributed by atoms with Crippen molar-refractivity contribution in [1.82, 2.24) is 20.0 Å². The molecule has 4 rings (SSSR count). The van der Waals surface area contributed by atoms with E-state index < -0.39 is 11.5 Å². The number of hydrogen-bond acceptors (Lipinski definition) is 7. The second-order valence-corrected chi connectivity index (χ2v) is 9.98. The molecule has 2 aliphatic rings. The van der Waals surface area contributed by atoms with Crippen LogP contribution < -0.4 is 10.6 Å². The number of aromatic nitrogens is 2. The summed E-state index contributed by atoms with van der Waals surface area (Å²) in [6.45, 7) is 6.57. The fraction of sp³-hybridized carbons (Fsp3) is 0.583. The predicted octanol–water partition coefficient (Wildman–Crippen LogP) is 2.53. The van der Waals surface area contributed by atoms with Crippen molar-refractivity contribution >= 4 is 34.5 Å². The van der Waals surface area contributed by atoms with Crippen LogP contribution >= 0.6 is 0 Å². The molecule has 34 heavy (non-hydrogen) atoms. The summed E-state index contributed by atoms with van der Waals surface area (Å²) in [4.78, 5) is 38.0. The third-order valence-electron chi connectivity index (χ3n) is 6.31. The van der Waals surface area contributed by atoms with Crippen LogP contribution in [0.1, 0.15) is 51.6 Å². The summed E-state index contributed by atoms with van der Waals surface area (Å²) in [5.41, 5.74) is 1.95. The standard InChI is InChI=1S/C24H33N5O5/c1-24(2,3)34-23(32)29-11-10-17(19(13-29)33-5)25-14-6-7-15-18(12-14)28(4)27-21(15)16-8-9-20(30)26-22(16)31/h6-7,12,16-17,19,25H,8-11,13H2,1-5H3,(H,26,30,31)/t16?,17-,19-/m1/s1. The zero-order valence-corrected chi connectivity index (χ0v) is 20.4. The number of benzene rings is 1. The Morgan fingerprint density at radius 2 is 2.00 bits per heavy atom. The lowest BCUT2D eigenvalue weighted by atomic mass is 9.92. The van der Waals surface area contributed by atoms with Gasteiger partial charge in [0.25, 0.3) is 0 Å². The van der Waals surface area contributed by atoms with Gasteiger partial charge in [0.15, 0.2) is 0 Å². The van der Waals surface area contributed by atoms with Crippen molar-refractivity contribution in [3.8, 4) is 0 Å². The monoisotopic (exact) mass is 471 g/mol. The molecule has 0 aliphatic carbocycles. The van der Waals surface area contributed by atoms with Crippen molar-refractivity contribution in [3.63, 3.8) is 0 Å². The Morgan fingerprint density at radius 3 is 2.68 bits per heavy atom. The molecule has 0 bridgehead atoms. The van der Waals surface area contributed by atoms with Crippen molar-refractivity contribution in [2.24, 2.45) is 7.05 Å². The lowest BCUT2D eigenvalue weighted by Gasteiger charge is -2.38. The van der Waals surface area contributed by atoms with Gasteiger partial charge in [0.05, 0.1) is 35.8 Å². The van der Waals surface area contributed by atoms with Gasteiger partial charge in [0, 0.05) is 38.2 Å². The highest BCUT2D eigenvalue weighted by Gasteiger charge is 2.34. The molecule has 3 atom stereocenters. The highest BCUT2D eigenvalue weighted by atomic mass is 16.6. The largest absolute Gasteiger partial charge is 0.444 e. The summed E-state index contributed by atoms with van der Waals surface area (Å²) in [5, 5.41) is 11.5. The number of aryl methyl sites for hydroxylation is 1. The SMILES string of the molecule is CO[C@@H]1CN(C(=O)OC(C)(C)C)CC[C@H]1Nc1ccc2c(C3CCC(=O)NC3=O)nn(C)c2c1. The van der Waals surface area contributed by atoms with Gasteiger partial charge in [-0.15, -0.1) is 0 Å². The molecule has 3 heterocycles. The third-order valence-corrected chi connectivity index (χ3v) is 6.31. The smallest absolute Gasteiger partial charge is 0.410 e. The van der Waals surface area contributed by atoms with Crippen LogP contribution in [0.4, 0.5) is 10.5 Å². The van der Waals surface area contributed by atoms with Crippen LogP contribution in [0.15, 0.2) is 18.2 Å². The van der Waals surface area contributed by atoms with Crippen LogP contribution in [-0.4, -0.2) is 70.5 Å². The van der Waals surface area contributed by atoms with Crippen LogP contribution in [0.5, 0.6) is 0 Å². The molecule has 2 aliphatic heterocycles. The maximum absolute atomic E-state index is 12.5. The van der Waals surface area contributed by atoms with Crippen LogP contribution in [0.2, 0.25) is 0 Å². The first-order valence-corrected chi connectivity index (χ1v) is 11.6. The second kappa shape index (κ2) is 9.25. The molecule has 2 fully saturated rings. The number of carbonyl (C=O) groups excluding carboxylic acids is 3. The Balaban J connectivity index is 1.48. The Kier molecular flexibility index (Phi) is 6.53. The van der Waals surface area contributed by atoms with Crippen LogP contribution in [0, 0.1) is 0 Å². The number of imide groups is 1. The Morgan fingerprint density at radius 1 is 1.24 bits per heavy atom. The summed E-state index contributed by atoms with van der Waals surface area (Å²) < 4.78 is 13.0. The first-order valence-electron chi connectivity index (χ1n) is 11.6. The van der Waals surface area contributed by atoms with Gasteiger partial charge in [0.1, 0.15) is 5.60 Å². The molecule has 10 heteroatoms. The Hall–Kier alpha value is -3.14. The highest BCUT2D eigenvalue weighted by molar-refractivity contribution is 6.02. The molecule has 2 saturated heterocycles. The van der Waals surface area contributed by atoms with Crippen LogP contribution in [0.3, 0.4) is 0 Å². The molecular formula is C24H33N5O5. The number of hydrogen-bond donors (Lipinski definition) is 2. The van der Waals surface area contributed by atoms with E-state index in [1.807, 2.05) is 46.0 Å². The average Bonchev–Trinajstić information content (AvgIpc) is 3.08. The third kappa shape index (κ3) is 5.01. The van der Waals surface area contributed by atoms with Gasteiger partial charge in [-0.2, -0.15) is 5.10 Å². The minimum absolute atomic E-state index is 0.0176. The number of methoxy groups -OCH3 is 1. The summed E-state index contributed by atoms with van der Waals surface area (Å²) in [5.74, 6) is -0.966. The second-order valence-electron chi connectivity index (χ2n) is 9.98. The van der Waals surface area contributed by atoms with E-state index in [0.717, 1.165) is 16.6 Å². The lowest BCUT2D eigenvalue weighted by molar-refractivity contribution is -0.134. The molecular weight excluding hydrogens is 438 g/mol. The average molecular weight is 472 g/mol. The van der Waals surface area contributed by atoms with E-state index in [1.165, 1.54) is 0 Å². The molecule has 0 radical (unpaired) electrons. The number of nitrogens with zero attached hydrogens (tertiary/aromatic N) is 3. The van der Waals surface area contributed by atoms with Crippen molar-refractivity contribution in [1.29, 1.82) is 0 Å². The number of piperidine rings is 2. The first kappa shape index (κ1) is 24.0. The van der Waals surface area contributed by atoms with Crippen LogP contribution in [0.25, 0.3) is 10.9 Å². The van der Waals surface area contributed by atoms with E-state index in [2.05, 4.69) is 15.7 Å². The minimum atomic E-state index is -0.542. The van der Waals surface area contributed by atoms with E-state index in [-0.39, 0.29) is 30.1 Å². The molecule has 184 valence electrons. The number of likely N-dealkylation sites (tertiary alicyclic amines) is 1. The highest BCUT2D eigenvalue weighted by Crippen LogP contribution is 2.32. The molecule has 3 amide bonds. The fourth-order valence-corrected chi connectivity index (χ4v) is 4.61. The number of amides is 3. The van der Waals surface area contributed by atoms with E-state index in [4.69, 9.17) is 9.47 Å². The van der Waals surface area contributed by atoms with E-state index in [0.29, 0.717) is 38.0 Å². The number of carbonyl (C=O) groups is 3. The normalized spacial score (nSPS) is 23.7. The molecule has 0 spiro atoms. The quantitative estimate of drug-likeness (QED) is 0.659. The van der Waals surface area contributed by atoms with Gasteiger partial charge < -0.3 is 19.7 Å². The lowest BCUT2D eigenvalue weighted by Crippen LogP contribution is -2.53. The number of rotatable bonds is 4. The summed E-state index contributed by atoms with van der Waals surface area (Å²) >= 11 is 0. The van der Waals surface area contributed by atoms with Crippen molar-refractivity contribution in [2.75, 3.05) is 25.5 Å². The van der Waals surface area contributed by atoms with Gasteiger partial charge in [-0.05, 0) is 51.8 Å². The van der Waals surface area contributed by atoms with Gasteiger partial charge in [-0.25, -0.2) is 4.79 Å².